The fourth-order valence-electron chi connectivity index (χ4n) is 2.27. The summed E-state index contributed by atoms with van der Waals surface area (Å²) >= 11 is 0. The maximum atomic E-state index is 6.26. The van der Waals surface area contributed by atoms with Crippen LogP contribution >= 0.6 is 0 Å². The number of hydrogen-bond acceptors (Lipinski definition) is 4. The van der Waals surface area contributed by atoms with Gasteiger partial charge in [0.05, 0.1) is 23.9 Å². The van der Waals surface area contributed by atoms with E-state index in [1.807, 2.05) is 46.3 Å². The molecule has 0 aromatic carbocycles. The molecular formula is C14H18N6. The van der Waals surface area contributed by atoms with Crippen molar-refractivity contribution in [2.24, 2.45) is 0 Å². The number of imidazole rings is 2. The Balaban J connectivity index is 2.21. The highest BCUT2D eigenvalue weighted by atomic mass is 15.1. The van der Waals surface area contributed by atoms with Crippen molar-refractivity contribution in [1.29, 1.82) is 0 Å². The maximum Gasteiger partial charge on any atom is 0.139 e. The molecule has 0 radical (unpaired) electrons. The SMILES string of the molecule is CCn1cncc1-c1nc2ccc(N(C)C)cn2c1N. The van der Waals surface area contributed by atoms with E-state index in [1.54, 1.807) is 12.5 Å². The smallest absolute Gasteiger partial charge is 0.139 e. The van der Waals surface area contributed by atoms with Crippen molar-refractivity contribution in [3.05, 3.63) is 30.9 Å². The van der Waals surface area contributed by atoms with Gasteiger partial charge in [0, 0.05) is 26.8 Å². The van der Waals surface area contributed by atoms with Gasteiger partial charge in [-0.3, -0.25) is 4.40 Å². The monoisotopic (exact) mass is 270 g/mol. The molecule has 20 heavy (non-hydrogen) atoms. The molecule has 0 amide bonds. The first-order chi connectivity index (χ1) is 9.61. The number of anilines is 2. The average molecular weight is 270 g/mol. The fourth-order valence-corrected chi connectivity index (χ4v) is 2.27. The summed E-state index contributed by atoms with van der Waals surface area (Å²) in [6.07, 6.45) is 5.59. The van der Waals surface area contributed by atoms with Crippen LogP contribution in [0.3, 0.4) is 0 Å². The van der Waals surface area contributed by atoms with Gasteiger partial charge in [0.25, 0.3) is 0 Å². The summed E-state index contributed by atoms with van der Waals surface area (Å²) in [7, 11) is 4.00. The van der Waals surface area contributed by atoms with E-state index >= 15 is 0 Å². The molecule has 3 aromatic rings. The van der Waals surface area contributed by atoms with Crippen molar-refractivity contribution in [2.75, 3.05) is 24.7 Å². The summed E-state index contributed by atoms with van der Waals surface area (Å²) in [5.41, 5.74) is 9.91. The number of nitrogen functional groups attached to an aromatic ring is 1. The molecule has 0 bridgehead atoms. The van der Waals surface area contributed by atoms with Crippen LogP contribution in [0.5, 0.6) is 0 Å². The lowest BCUT2D eigenvalue weighted by atomic mass is 10.3. The summed E-state index contributed by atoms with van der Waals surface area (Å²) < 4.78 is 3.95. The molecule has 6 heteroatoms. The van der Waals surface area contributed by atoms with Gasteiger partial charge >= 0.3 is 0 Å². The Morgan fingerprint density at radius 2 is 2.10 bits per heavy atom. The normalized spacial score (nSPS) is 11.2. The molecular weight excluding hydrogens is 252 g/mol. The molecule has 0 aliphatic rings. The number of hydrogen-bond donors (Lipinski definition) is 1. The van der Waals surface area contributed by atoms with Crippen molar-refractivity contribution < 1.29 is 0 Å². The van der Waals surface area contributed by atoms with Gasteiger partial charge in [-0.25, -0.2) is 9.97 Å². The van der Waals surface area contributed by atoms with Crippen molar-refractivity contribution in [3.63, 3.8) is 0 Å². The molecule has 0 fully saturated rings. The Kier molecular flexibility index (Phi) is 2.85. The molecule has 6 nitrogen and oxygen atoms in total. The molecule has 104 valence electrons. The van der Waals surface area contributed by atoms with Gasteiger partial charge in [0.15, 0.2) is 0 Å². The van der Waals surface area contributed by atoms with E-state index in [-0.39, 0.29) is 0 Å². The number of nitrogens with zero attached hydrogens (tertiary/aromatic N) is 5. The zero-order chi connectivity index (χ0) is 14.3. The summed E-state index contributed by atoms with van der Waals surface area (Å²) in [6.45, 7) is 2.91. The molecule has 0 spiro atoms. The Bertz CT molecular complexity index is 752. The first-order valence-corrected chi connectivity index (χ1v) is 6.57. The second-order valence-corrected chi connectivity index (χ2v) is 4.92. The van der Waals surface area contributed by atoms with Crippen LogP contribution in [0.25, 0.3) is 17.0 Å². The molecule has 0 saturated carbocycles. The first-order valence-electron chi connectivity index (χ1n) is 6.57. The van der Waals surface area contributed by atoms with E-state index in [2.05, 4.69) is 16.9 Å². The fraction of sp³-hybridized carbons (Fsp3) is 0.286. The summed E-state index contributed by atoms with van der Waals surface area (Å²) in [4.78, 5) is 10.8. The highest BCUT2D eigenvalue weighted by molar-refractivity contribution is 5.73. The lowest BCUT2D eigenvalue weighted by Crippen LogP contribution is -2.09. The number of aryl methyl sites for hydroxylation is 1. The van der Waals surface area contributed by atoms with Crippen LogP contribution in [-0.2, 0) is 6.54 Å². The predicted molar refractivity (Wildman–Crippen MR) is 80.8 cm³/mol. The van der Waals surface area contributed by atoms with Crippen LogP contribution in [0.2, 0.25) is 0 Å². The van der Waals surface area contributed by atoms with E-state index in [9.17, 15) is 0 Å². The topological polar surface area (TPSA) is 64.4 Å². The van der Waals surface area contributed by atoms with Crippen LogP contribution < -0.4 is 10.6 Å². The van der Waals surface area contributed by atoms with E-state index in [1.165, 1.54) is 0 Å². The van der Waals surface area contributed by atoms with E-state index in [0.717, 1.165) is 29.3 Å². The number of pyridine rings is 1. The number of nitrogens with two attached hydrogens (primary N) is 1. The summed E-state index contributed by atoms with van der Waals surface area (Å²) in [5.74, 6) is 0.638. The molecule has 3 heterocycles. The summed E-state index contributed by atoms with van der Waals surface area (Å²) in [6, 6.07) is 4.00. The van der Waals surface area contributed by atoms with Crippen molar-refractivity contribution in [3.8, 4) is 11.4 Å². The van der Waals surface area contributed by atoms with Crippen LogP contribution in [0.1, 0.15) is 6.92 Å². The van der Waals surface area contributed by atoms with Crippen molar-refractivity contribution in [2.45, 2.75) is 13.5 Å². The third-order valence-corrected chi connectivity index (χ3v) is 3.45. The summed E-state index contributed by atoms with van der Waals surface area (Å²) in [5, 5.41) is 0. The van der Waals surface area contributed by atoms with E-state index < -0.39 is 0 Å². The minimum atomic E-state index is 0.638. The predicted octanol–water partition coefficient (Wildman–Crippen LogP) is 1.87. The molecule has 3 rings (SSSR count). The number of aromatic nitrogens is 4. The van der Waals surface area contributed by atoms with Gasteiger partial charge in [-0.2, -0.15) is 0 Å². The van der Waals surface area contributed by atoms with E-state index in [4.69, 9.17) is 5.73 Å². The second-order valence-electron chi connectivity index (χ2n) is 4.92. The third-order valence-electron chi connectivity index (χ3n) is 3.45. The highest BCUT2D eigenvalue weighted by Gasteiger charge is 2.15. The van der Waals surface area contributed by atoms with Crippen LogP contribution in [0.15, 0.2) is 30.9 Å². The number of rotatable bonds is 3. The van der Waals surface area contributed by atoms with Crippen molar-refractivity contribution >= 4 is 17.2 Å². The van der Waals surface area contributed by atoms with Crippen LogP contribution in [0, 0.1) is 0 Å². The molecule has 0 aliphatic heterocycles. The van der Waals surface area contributed by atoms with E-state index in [0.29, 0.717) is 5.82 Å². The minimum Gasteiger partial charge on any atom is -0.383 e. The quantitative estimate of drug-likeness (QED) is 0.789. The highest BCUT2D eigenvalue weighted by Crippen LogP contribution is 2.27. The Morgan fingerprint density at radius 1 is 1.30 bits per heavy atom. The van der Waals surface area contributed by atoms with Crippen LogP contribution in [0.4, 0.5) is 11.5 Å². The molecule has 2 N–H and O–H groups in total. The molecule has 3 aromatic heterocycles. The molecule has 0 saturated heterocycles. The average Bonchev–Trinajstić information content (AvgIpc) is 3.02. The molecule has 0 unspecified atom stereocenters. The minimum absolute atomic E-state index is 0.638. The van der Waals surface area contributed by atoms with Crippen LogP contribution in [-0.4, -0.2) is 33.0 Å². The lowest BCUT2D eigenvalue weighted by Gasteiger charge is -2.12. The zero-order valence-corrected chi connectivity index (χ0v) is 11.9. The molecule has 0 atom stereocenters. The van der Waals surface area contributed by atoms with Gasteiger partial charge in [-0.1, -0.05) is 0 Å². The second kappa shape index (κ2) is 4.56. The number of fused-ring (bicyclic) bond motifs is 1. The van der Waals surface area contributed by atoms with Gasteiger partial charge in [0.2, 0.25) is 0 Å². The first kappa shape index (κ1) is 12.5. The van der Waals surface area contributed by atoms with Gasteiger partial charge in [-0.15, -0.1) is 0 Å². The Morgan fingerprint density at radius 3 is 2.80 bits per heavy atom. The largest absolute Gasteiger partial charge is 0.383 e. The van der Waals surface area contributed by atoms with Crippen molar-refractivity contribution in [1.82, 2.24) is 18.9 Å². The lowest BCUT2D eigenvalue weighted by molar-refractivity contribution is 0.767. The third kappa shape index (κ3) is 1.80. The maximum absolute atomic E-state index is 6.26. The van der Waals surface area contributed by atoms with Gasteiger partial charge in [0.1, 0.15) is 17.2 Å². The van der Waals surface area contributed by atoms with Gasteiger partial charge < -0.3 is 15.2 Å². The van der Waals surface area contributed by atoms with Gasteiger partial charge in [-0.05, 0) is 19.1 Å². The standard InChI is InChI=1S/C14H18N6/c1-4-19-9-16-7-11(19)13-14(15)20-8-10(18(2)3)5-6-12(20)17-13/h5-9H,4,15H2,1-3H3. The Hall–Kier alpha value is -2.50. The Labute approximate surface area is 117 Å². The zero-order valence-electron chi connectivity index (χ0n) is 11.9. The molecule has 0 aliphatic carbocycles.